The van der Waals surface area contributed by atoms with Gasteiger partial charge < -0.3 is 4.57 Å². The number of hydrogen-bond acceptors (Lipinski definition) is 4. The molecule has 0 aliphatic carbocycles. The molecule has 25 heavy (non-hydrogen) atoms. The van der Waals surface area contributed by atoms with Crippen LogP contribution in [0.25, 0.3) is 11.0 Å². The lowest BCUT2D eigenvalue weighted by atomic mass is 10.0. The van der Waals surface area contributed by atoms with Crippen molar-refractivity contribution in [1.29, 1.82) is 0 Å². The van der Waals surface area contributed by atoms with Crippen molar-refractivity contribution in [2.45, 2.75) is 57.1 Å². The smallest absolute Gasteiger partial charge is 0.242 e. The number of piperidine rings is 1. The molecular weight excluding hydrogens is 336 g/mol. The van der Waals surface area contributed by atoms with Crippen molar-refractivity contribution in [2.24, 2.45) is 0 Å². The molecule has 2 aromatic rings. The average molecular weight is 365 g/mol. The van der Waals surface area contributed by atoms with Gasteiger partial charge >= 0.3 is 0 Å². The van der Waals surface area contributed by atoms with E-state index in [1.54, 1.807) is 26.2 Å². The van der Waals surface area contributed by atoms with E-state index in [2.05, 4.69) is 23.3 Å². The van der Waals surface area contributed by atoms with Crippen LogP contribution in [0.5, 0.6) is 0 Å². The highest BCUT2D eigenvalue weighted by Gasteiger charge is 2.22. The SMILES string of the molecule is CCn1c(CN2CCCC[C@@H]2C)nc2cc(S(=O)(=O)N(C)C)ccc21. The van der Waals surface area contributed by atoms with Crippen LogP contribution in [-0.2, 0) is 23.1 Å². The van der Waals surface area contributed by atoms with Crippen molar-refractivity contribution in [3.63, 3.8) is 0 Å². The molecule has 0 amide bonds. The fourth-order valence-corrected chi connectivity index (χ4v) is 4.50. The molecule has 0 unspecified atom stereocenters. The van der Waals surface area contributed by atoms with Crippen molar-refractivity contribution in [1.82, 2.24) is 18.8 Å². The summed E-state index contributed by atoms with van der Waals surface area (Å²) in [7, 11) is -0.343. The van der Waals surface area contributed by atoms with Crippen molar-refractivity contribution >= 4 is 21.1 Å². The third-order valence-corrected chi connectivity index (χ3v) is 6.99. The Labute approximate surface area is 150 Å². The number of hydrogen-bond donors (Lipinski definition) is 0. The van der Waals surface area contributed by atoms with Gasteiger partial charge in [-0.25, -0.2) is 17.7 Å². The number of fused-ring (bicyclic) bond motifs is 1. The van der Waals surface area contributed by atoms with E-state index in [9.17, 15) is 8.42 Å². The standard InChI is InChI=1S/C18H28N4O2S/c1-5-22-17-10-9-15(25(23,24)20(3)4)12-16(17)19-18(22)13-21-11-7-6-8-14(21)2/h9-10,12,14H,5-8,11,13H2,1-4H3/t14-/m0/s1. The third-order valence-electron chi connectivity index (χ3n) is 5.18. The Balaban J connectivity index is 1.99. The van der Waals surface area contributed by atoms with Crippen LogP contribution in [0.2, 0.25) is 0 Å². The molecule has 1 aliphatic rings. The van der Waals surface area contributed by atoms with Crippen molar-refractivity contribution in [3.8, 4) is 0 Å². The zero-order valence-corrected chi connectivity index (χ0v) is 16.4. The molecule has 1 aromatic heterocycles. The number of aromatic nitrogens is 2. The highest BCUT2D eigenvalue weighted by molar-refractivity contribution is 7.89. The minimum Gasteiger partial charge on any atom is -0.327 e. The van der Waals surface area contributed by atoms with Gasteiger partial charge in [-0.3, -0.25) is 4.90 Å². The van der Waals surface area contributed by atoms with Crippen LogP contribution in [0.4, 0.5) is 0 Å². The average Bonchev–Trinajstić information content (AvgIpc) is 2.92. The van der Waals surface area contributed by atoms with Crippen LogP contribution in [0.1, 0.15) is 38.9 Å². The fourth-order valence-electron chi connectivity index (χ4n) is 3.58. The topological polar surface area (TPSA) is 58.4 Å². The Hall–Kier alpha value is -1.44. The molecule has 0 radical (unpaired) electrons. The van der Waals surface area contributed by atoms with E-state index < -0.39 is 10.0 Å². The quantitative estimate of drug-likeness (QED) is 0.818. The summed E-state index contributed by atoms with van der Waals surface area (Å²) in [6, 6.07) is 5.83. The normalized spacial score (nSPS) is 19.8. The van der Waals surface area contributed by atoms with Crippen molar-refractivity contribution in [2.75, 3.05) is 20.6 Å². The molecule has 138 valence electrons. The van der Waals surface area contributed by atoms with E-state index in [4.69, 9.17) is 4.98 Å². The summed E-state index contributed by atoms with van der Waals surface area (Å²) < 4.78 is 28.2. The number of benzene rings is 1. The molecule has 0 bridgehead atoms. The van der Waals surface area contributed by atoms with Crippen LogP contribution in [0.3, 0.4) is 0 Å². The maximum atomic E-state index is 12.4. The first-order chi connectivity index (χ1) is 11.8. The molecule has 0 saturated carbocycles. The molecule has 1 saturated heterocycles. The molecule has 7 heteroatoms. The molecule has 2 heterocycles. The molecule has 1 fully saturated rings. The first kappa shape index (κ1) is 18.4. The summed E-state index contributed by atoms with van der Waals surface area (Å²) in [6.45, 7) is 7.14. The first-order valence-corrected chi connectivity index (χ1v) is 10.4. The number of likely N-dealkylation sites (tertiary alicyclic amines) is 1. The fraction of sp³-hybridized carbons (Fsp3) is 0.611. The Morgan fingerprint density at radius 1 is 1.28 bits per heavy atom. The van der Waals surface area contributed by atoms with Crippen LogP contribution >= 0.6 is 0 Å². The van der Waals surface area contributed by atoms with E-state index in [1.807, 2.05) is 6.07 Å². The largest absolute Gasteiger partial charge is 0.327 e. The van der Waals surface area contributed by atoms with Crippen LogP contribution < -0.4 is 0 Å². The summed E-state index contributed by atoms with van der Waals surface area (Å²) in [5, 5.41) is 0. The number of imidazole rings is 1. The molecule has 3 rings (SSSR count). The van der Waals surface area contributed by atoms with E-state index in [0.717, 1.165) is 36.5 Å². The Bertz CT molecular complexity index is 857. The highest BCUT2D eigenvalue weighted by Crippen LogP contribution is 2.24. The number of nitrogens with zero attached hydrogens (tertiary/aromatic N) is 4. The summed E-state index contributed by atoms with van der Waals surface area (Å²) >= 11 is 0. The molecule has 6 nitrogen and oxygen atoms in total. The van der Waals surface area contributed by atoms with Gasteiger partial charge in [-0.1, -0.05) is 6.42 Å². The van der Waals surface area contributed by atoms with E-state index >= 15 is 0 Å². The summed E-state index contributed by atoms with van der Waals surface area (Å²) in [5.41, 5.74) is 1.75. The predicted octanol–water partition coefficient (Wildman–Crippen LogP) is 2.68. The Morgan fingerprint density at radius 3 is 2.68 bits per heavy atom. The van der Waals surface area contributed by atoms with Crippen molar-refractivity contribution < 1.29 is 8.42 Å². The van der Waals surface area contributed by atoms with Gasteiger partial charge in [0.1, 0.15) is 5.82 Å². The second-order valence-corrected chi connectivity index (χ2v) is 9.18. The Morgan fingerprint density at radius 2 is 2.04 bits per heavy atom. The van der Waals surface area contributed by atoms with Crippen LogP contribution in [0.15, 0.2) is 23.1 Å². The monoisotopic (exact) mass is 364 g/mol. The third kappa shape index (κ3) is 3.45. The maximum Gasteiger partial charge on any atom is 0.242 e. The summed E-state index contributed by atoms with van der Waals surface area (Å²) in [5.74, 6) is 1.02. The van der Waals surface area contributed by atoms with Gasteiger partial charge in [0, 0.05) is 26.7 Å². The minimum absolute atomic E-state index is 0.295. The van der Waals surface area contributed by atoms with Gasteiger partial charge in [0.2, 0.25) is 10.0 Å². The molecule has 0 spiro atoms. The van der Waals surface area contributed by atoms with Crippen molar-refractivity contribution in [3.05, 3.63) is 24.0 Å². The van der Waals surface area contributed by atoms with E-state index in [-0.39, 0.29) is 0 Å². The zero-order chi connectivity index (χ0) is 18.2. The molecule has 1 atom stereocenters. The lowest BCUT2D eigenvalue weighted by Gasteiger charge is -2.33. The van der Waals surface area contributed by atoms with Gasteiger partial charge in [-0.05, 0) is 51.4 Å². The number of aryl methyl sites for hydroxylation is 1. The highest BCUT2D eigenvalue weighted by atomic mass is 32.2. The summed E-state index contributed by atoms with van der Waals surface area (Å²) in [6.07, 6.45) is 3.77. The van der Waals surface area contributed by atoms with E-state index in [1.165, 1.54) is 23.6 Å². The predicted molar refractivity (Wildman–Crippen MR) is 100 cm³/mol. The zero-order valence-electron chi connectivity index (χ0n) is 15.6. The van der Waals surface area contributed by atoms with Crippen LogP contribution in [0, 0.1) is 0 Å². The molecule has 0 N–H and O–H groups in total. The molecule has 1 aliphatic heterocycles. The van der Waals surface area contributed by atoms with Crippen LogP contribution in [-0.4, -0.2) is 53.9 Å². The minimum atomic E-state index is -3.44. The van der Waals surface area contributed by atoms with Gasteiger partial charge in [0.05, 0.1) is 22.5 Å². The first-order valence-electron chi connectivity index (χ1n) is 9.00. The summed E-state index contributed by atoms with van der Waals surface area (Å²) in [4.78, 5) is 7.56. The van der Waals surface area contributed by atoms with Gasteiger partial charge in [-0.2, -0.15) is 0 Å². The van der Waals surface area contributed by atoms with E-state index in [0.29, 0.717) is 10.9 Å². The number of sulfonamides is 1. The molecular formula is C18H28N4O2S. The second kappa shape index (κ2) is 7.05. The van der Waals surface area contributed by atoms with Gasteiger partial charge in [-0.15, -0.1) is 0 Å². The maximum absolute atomic E-state index is 12.4. The van der Waals surface area contributed by atoms with Gasteiger partial charge in [0.25, 0.3) is 0 Å². The number of rotatable bonds is 5. The lowest BCUT2D eigenvalue weighted by molar-refractivity contribution is 0.147. The lowest BCUT2D eigenvalue weighted by Crippen LogP contribution is -2.37. The Kier molecular flexibility index (Phi) is 5.18. The second-order valence-electron chi connectivity index (χ2n) is 7.03. The van der Waals surface area contributed by atoms with Gasteiger partial charge in [0.15, 0.2) is 0 Å². The molecule has 1 aromatic carbocycles.